The van der Waals surface area contributed by atoms with Crippen LogP contribution in [0.3, 0.4) is 0 Å². The van der Waals surface area contributed by atoms with Gasteiger partial charge in [0.05, 0.1) is 19.3 Å². The first kappa shape index (κ1) is 11.7. The average Bonchev–Trinajstić information content (AvgIpc) is 2.17. The molecule has 0 amide bonds. The van der Waals surface area contributed by atoms with Gasteiger partial charge in [0.25, 0.3) is 0 Å². The fraction of sp³-hybridized carbons (Fsp3) is 0.400. The van der Waals surface area contributed by atoms with Gasteiger partial charge in [-0.15, -0.1) is 0 Å². The van der Waals surface area contributed by atoms with Gasteiger partial charge in [-0.25, -0.2) is 0 Å². The summed E-state index contributed by atoms with van der Waals surface area (Å²) in [5.41, 5.74) is 6.77. The Bertz CT molecular complexity index is 315. The summed E-state index contributed by atoms with van der Waals surface area (Å²) in [6.07, 6.45) is -0.560. The quantitative estimate of drug-likeness (QED) is 0.836. The first-order valence-corrected chi connectivity index (χ1v) is 5.41. The predicted octanol–water partition coefficient (Wildman–Crippen LogP) is 1.68. The van der Waals surface area contributed by atoms with Gasteiger partial charge in [-0.3, -0.25) is 0 Å². The number of hydrogen-bond donors (Lipinski definition) is 2. The Hall–Kier alpha value is -0.330. The van der Waals surface area contributed by atoms with Crippen molar-refractivity contribution in [3.05, 3.63) is 27.3 Å². The summed E-state index contributed by atoms with van der Waals surface area (Å²) in [6, 6.07) is 5.30. The lowest BCUT2D eigenvalue weighted by Gasteiger charge is -2.17. The molecule has 4 heteroatoms. The molecule has 1 rings (SSSR count). The van der Waals surface area contributed by atoms with Crippen molar-refractivity contribution in [2.75, 3.05) is 7.11 Å². The van der Waals surface area contributed by atoms with Crippen LogP contribution in [0.4, 0.5) is 0 Å². The van der Waals surface area contributed by atoms with E-state index >= 15 is 0 Å². The third-order valence-corrected chi connectivity index (χ3v) is 3.06. The Labute approximate surface area is 97.4 Å². The molecule has 0 heterocycles. The average molecular weight is 307 g/mol. The second kappa shape index (κ2) is 4.95. The van der Waals surface area contributed by atoms with Gasteiger partial charge in [-0.2, -0.15) is 0 Å². The molecule has 1 aromatic rings. The molecule has 0 unspecified atom stereocenters. The van der Waals surface area contributed by atoms with E-state index in [2.05, 4.69) is 22.6 Å². The summed E-state index contributed by atoms with van der Waals surface area (Å²) in [5.74, 6) is 0.761. The second-order valence-corrected chi connectivity index (χ2v) is 4.32. The topological polar surface area (TPSA) is 55.5 Å². The molecule has 0 aliphatic heterocycles. The van der Waals surface area contributed by atoms with E-state index in [0.717, 1.165) is 14.9 Å². The maximum absolute atomic E-state index is 9.39. The third-order valence-electron chi connectivity index (χ3n) is 2.08. The molecule has 0 spiro atoms. The molecule has 14 heavy (non-hydrogen) atoms. The van der Waals surface area contributed by atoms with Crippen molar-refractivity contribution >= 4 is 22.6 Å². The Morgan fingerprint density at radius 1 is 1.50 bits per heavy atom. The minimum Gasteiger partial charge on any atom is -0.497 e. The van der Waals surface area contributed by atoms with Gasteiger partial charge in [0.15, 0.2) is 0 Å². The molecule has 78 valence electrons. The van der Waals surface area contributed by atoms with Crippen molar-refractivity contribution in [2.45, 2.75) is 19.1 Å². The zero-order valence-corrected chi connectivity index (χ0v) is 10.4. The number of hydrogen-bond acceptors (Lipinski definition) is 3. The zero-order chi connectivity index (χ0) is 10.7. The van der Waals surface area contributed by atoms with Crippen LogP contribution in [0.2, 0.25) is 0 Å². The molecule has 2 atom stereocenters. The summed E-state index contributed by atoms with van der Waals surface area (Å²) in [6.45, 7) is 1.68. The number of nitrogens with two attached hydrogens (primary N) is 1. The minimum absolute atomic E-state index is 0.364. The van der Waals surface area contributed by atoms with Gasteiger partial charge in [-0.05, 0) is 53.3 Å². The standard InChI is InChI=1S/C10H14INO2/c1-6(13)10(12)8-5-7(14-2)3-4-9(8)11/h3-6,10,13H,12H2,1-2H3/t6-,10+/m1/s1. The lowest BCUT2D eigenvalue weighted by atomic mass is 10.0. The smallest absolute Gasteiger partial charge is 0.119 e. The van der Waals surface area contributed by atoms with Crippen LogP contribution >= 0.6 is 22.6 Å². The summed E-state index contributed by atoms with van der Waals surface area (Å²) in [5, 5.41) is 9.39. The van der Waals surface area contributed by atoms with Gasteiger partial charge in [0.1, 0.15) is 5.75 Å². The molecule has 3 N–H and O–H groups in total. The highest BCUT2D eigenvalue weighted by molar-refractivity contribution is 14.1. The van der Waals surface area contributed by atoms with Crippen LogP contribution in [0.5, 0.6) is 5.75 Å². The number of ether oxygens (including phenoxy) is 1. The fourth-order valence-electron chi connectivity index (χ4n) is 1.16. The molecular weight excluding hydrogens is 293 g/mol. The van der Waals surface area contributed by atoms with E-state index < -0.39 is 6.10 Å². The highest BCUT2D eigenvalue weighted by atomic mass is 127. The monoisotopic (exact) mass is 307 g/mol. The Kier molecular flexibility index (Phi) is 4.15. The maximum Gasteiger partial charge on any atom is 0.119 e. The highest BCUT2D eigenvalue weighted by Gasteiger charge is 2.15. The summed E-state index contributed by atoms with van der Waals surface area (Å²) >= 11 is 2.20. The molecule has 0 aromatic heterocycles. The van der Waals surface area contributed by atoms with Gasteiger partial charge < -0.3 is 15.6 Å². The van der Waals surface area contributed by atoms with Crippen molar-refractivity contribution in [1.82, 2.24) is 0 Å². The normalized spacial score (nSPS) is 14.9. The lowest BCUT2D eigenvalue weighted by Crippen LogP contribution is -2.24. The molecule has 0 saturated heterocycles. The van der Waals surface area contributed by atoms with E-state index in [9.17, 15) is 5.11 Å². The van der Waals surface area contributed by atoms with Gasteiger partial charge in [-0.1, -0.05) is 0 Å². The van der Waals surface area contributed by atoms with E-state index in [0.29, 0.717) is 0 Å². The van der Waals surface area contributed by atoms with Crippen LogP contribution in [0.25, 0.3) is 0 Å². The molecule has 0 aliphatic carbocycles. The number of halogens is 1. The van der Waals surface area contributed by atoms with Crippen LogP contribution in [-0.4, -0.2) is 18.3 Å². The maximum atomic E-state index is 9.39. The van der Waals surface area contributed by atoms with E-state index in [4.69, 9.17) is 10.5 Å². The number of benzene rings is 1. The summed E-state index contributed by atoms with van der Waals surface area (Å²) < 4.78 is 6.14. The summed E-state index contributed by atoms with van der Waals surface area (Å²) in [7, 11) is 1.61. The van der Waals surface area contributed by atoms with Gasteiger partial charge >= 0.3 is 0 Å². The Morgan fingerprint density at radius 2 is 2.14 bits per heavy atom. The fourth-order valence-corrected chi connectivity index (χ4v) is 1.86. The van der Waals surface area contributed by atoms with Gasteiger partial charge in [0, 0.05) is 3.57 Å². The van der Waals surface area contributed by atoms with Crippen LogP contribution < -0.4 is 10.5 Å². The minimum atomic E-state index is -0.560. The van der Waals surface area contributed by atoms with Crippen molar-refractivity contribution in [3.63, 3.8) is 0 Å². The molecule has 0 radical (unpaired) electrons. The van der Waals surface area contributed by atoms with Crippen molar-refractivity contribution in [1.29, 1.82) is 0 Å². The van der Waals surface area contributed by atoms with Crippen LogP contribution in [-0.2, 0) is 0 Å². The van der Waals surface area contributed by atoms with E-state index in [1.807, 2.05) is 18.2 Å². The number of rotatable bonds is 3. The first-order chi connectivity index (χ1) is 6.56. The number of methoxy groups -OCH3 is 1. The van der Waals surface area contributed by atoms with Crippen molar-refractivity contribution in [3.8, 4) is 5.75 Å². The van der Waals surface area contributed by atoms with Crippen LogP contribution in [0.15, 0.2) is 18.2 Å². The highest BCUT2D eigenvalue weighted by Crippen LogP contribution is 2.25. The largest absolute Gasteiger partial charge is 0.497 e. The predicted molar refractivity (Wildman–Crippen MR) is 64.3 cm³/mol. The third kappa shape index (κ3) is 2.59. The Morgan fingerprint density at radius 3 is 2.64 bits per heavy atom. The zero-order valence-electron chi connectivity index (χ0n) is 8.20. The first-order valence-electron chi connectivity index (χ1n) is 4.33. The molecule has 0 bridgehead atoms. The van der Waals surface area contributed by atoms with Crippen molar-refractivity contribution in [2.24, 2.45) is 5.73 Å². The van der Waals surface area contributed by atoms with Crippen molar-refractivity contribution < 1.29 is 9.84 Å². The molecule has 0 fully saturated rings. The van der Waals surface area contributed by atoms with E-state index in [1.165, 1.54) is 0 Å². The number of aliphatic hydroxyl groups excluding tert-OH is 1. The molecule has 3 nitrogen and oxygen atoms in total. The molecular formula is C10H14INO2. The molecule has 1 aromatic carbocycles. The molecule has 0 aliphatic rings. The van der Waals surface area contributed by atoms with Crippen LogP contribution in [0, 0.1) is 3.57 Å². The van der Waals surface area contributed by atoms with Crippen LogP contribution in [0.1, 0.15) is 18.5 Å². The second-order valence-electron chi connectivity index (χ2n) is 3.15. The Balaban J connectivity index is 3.05. The van der Waals surface area contributed by atoms with E-state index in [-0.39, 0.29) is 6.04 Å². The lowest BCUT2D eigenvalue weighted by molar-refractivity contribution is 0.164. The van der Waals surface area contributed by atoms with Gasteiger partial charge in [0.2, 0.25) is 0 Å². The SMILES string of the molecule is COc1ccc(I)c([C@@H](N)[C@@H](C)O)c1. The van der Waals surface area contributed by atoms with E-state index in [1.54, 1.807) is 14.0 Å². The number of aliphatic hydroxyl groups is 1. The summed E-state index contributed by atoms with van der Waals surface area (Å²) in [4.78, 5) is 0. The molecule has 0 saturated carbocycles.